The van der Waals surface area contributed by atoms with Gasteiger partial charge in [-0.15, -0.1) is 0 Å². The molecule has 0 saturated heterocycles. The summed E-state index contributed by atoms with van der Waals surface area (Å²) in [6.45, 7) is 0.526. The fraction of sp³-hybridized carbons (Fsp3) is 0.118. The molecule has 0 saturated carbocycles. The van der Waals surface area contributed by atoms with Gasteiger partial charge in [-0.1, -0.05) is 30.3 Å². The number of nitrogens with two attached hydrogens (primary N) is 1. The number of carbonyl (C=O) groups excluding carboxylic acids is 1. The Labute approximate surface area is 122 Å². The van der Waals surface area contributed by atoms with Crippen LogP contribution in [0.5, 0.6) is 0 Å². The van der Waals surface area contributed by atoms with Gasteiger partial charge >= 0.3 is 0 Å². The molecule has 0 unspecified atom stereocenters. The van der Waals surface area contributed by atoms with Crippen molar-refractivity contribution >= 4 is 22.6 Å². The lowest BCUT2D eigenvalue weighted by Gasteiger charge is -2.16. The lowest BCUT2D eigenvalue weighted by Crippen LogP contribution is -2.25. The summed E-state index contributed by atoms with van der Waals surface area (Å²) in [6.07, 6.45) is 1.52. The average molecular weight is 280 g/mol. The fourth-order valence-electron chi connectivity index (χ4n) is 2.32. The van der Waals surface area contributed by atoms with Crippen LogP contribution in [0.2, 0.25) is 0 Å². The second kappa shape index (κ2) is 5.32. The highest BCUT2D eigenvalue weighted by Gasteiger charge is 2.17. The van der Waals surface area contributed by atoms with Gasteiger partial charge in [0.15, 0.2) is 0 Å². The zero-order valence-corrected chi connectivity index (χ0v) is 11.7. The van der Waals surface area contributed by atoms with Crippen LogP contribution >= 0.6 is 0 Å². The van der Waals surface area contributed by atoms with Crippen molar-refractivity contribution in [3.05, 3.63) is 65.9 Å². The molecule has 0 spiro atoms. The number of rotatable bonds is 3. The Balaban J connectivity index is 1.82. The van der Waals surface area contributed by atoms with Crippen molar-refractivity contribution in [1.82, 2.24) is 4.90 Å². The lowest BCUT2D eigenvalue weighted by molar-refractivity contribution is 0.0786. The fourth-order valence-corrected chi connectivity index (χ4v) is 2.32. The molecule has 2 N–H and O–H groups in total. The largest absolute Gasteiger partial charge is 0.463 e. The molecule has 0 fully saturated rings. The van der Waals surface area contributed by atoms with Gasteiger partial charge in [-0.25, -0.2) is 0 Å². The summed E-state index contributed by atoms with van der Waals surface area (Å²) in [6, 6.07) is 15.0. The molecule has 0 bridgehead atoms. The number of hydrogen-bond acceptors (Lipinski definition) is 3. The Morgan fingerprint density at radius 2 is 1.86 bits per heavy atom. The molecule has 106 valence electrons. The van der Waals surface area contributed by atoms with Gasteiger partial charge in [0.05, 0.1) is 5.56 Å². The van der Waals surface area contributed by atoms with E-state index < -0.39 is 0 Å². The van der Waals surface area contributed by atoms with Crippen LogP contribution in [-0.2, 0) is 6.54 Å². The first-order valence-electron chi connectivity index (χ1n) is 6.71. The third-order valence-corrected chi connectivity index (χ3v) is 3.46. The number of anilines is 1. The first-order chi connectivity index (χ1) is 10.1. The Bertz CT molecular complexity index is 775. The van der Waals surface area contributed by atoms with Gasteiger partial charge in [-0.3, -0.25) is 4.79 Å². The monoisotopic (exact) mass is 280 g/mol. The Kier molecular flexibility index (Phi) is 3.36. The topological polar surface area (TPSA) is 59.5 Å². The average Bonchev–Trinajstić information content (AvgIpc) is 2.92. The van der Waals surface area contributed by atoms with E-state index in [-0.39, 0.29) is 5.91 Å². The van der Waals surface area contributed by atoms with Gasteiger partial charge < -0.3 is 15.1 Å². The van der Waals surface area contributed by atoms with Crippen LogP contribution < -0.4 is 5.73 Å². The second-order valence-electron chi connectivity index (χ2n) is 5.05. The van der Waals surface area contributed by atoms with Gasteiger partial charge in [0.1, 0.15) is 11.8 Å². The zero-order valence-electron chi connectivity index (χ0n) is 11.7. The Morgan fingerprint density at radius 3 is 2.62 bits per heavy atom. The minimum absolute atomic E-state index is 0.0585. The third kappa shape index (κ3) is 2.60. The molecule has 21 heavy (non-hydrogen) atoms. The smallest absolute Gasteiger partial charge is 0.257 e. The van der Waals surface area contributed by atoms with Crippen molar-refractivity contribution in [3.63, 3.8) is 0 Å². The highest BCUT2D eigenvalue weighted by molar-refractivity contribution is 6.05. The van der Waals surface area contributed by atoms with Crippen LogP contribution in [-0.4, -0.2) is 17.9 Å². The highest BCUT2D eigenvalue weighted by Crippen LogP contribution is 2.22. The molecule has 3 rings (SSSR count). The first-order valence-corrected chi connectivity index (χ1v) is 6.71. The summed E-state index contributed by atoms with van der Waals surface area (Å²) >= 11 is 0. The molecule has 1 heterocycles. The van der Waals surface area contributed by atoms with Gasteiger partial charge in [0.2, 0.25) is 0 Å². The molecule has 0 atom stereocenters. The molecule has 4 nitrogen and oxygen atoms in total. The lowest BCUT2D eigenvalue weighted by atomic mass is 10.1. The summed E-state index contributed by atoms with van der Waals surface area (Å²) in [5, 5.41) is 0.839. The van der Waals surface area contributed by atoms with Crippen molar-refractivity contribution in [1.29, 1.82) is 0 Å². The van der Waals surface area contributed by atoms with E-state index in [1.54, 1.807) is 11.9 Å². The summed E-state index contributed by atoms with van der Waals surface area (Å²) < 4.78 is 5.42. The predicted molar refractivity (Wildman–Crippen MR) is 82.9 cm³/mol. The third-order valence-electron chi connectivity index (χ3n) is 3.46. The van der Waals surface area contributed by atoms with Crippen LogP contribution in [0.25, 0.3) is 11.0 Å². The summed E-state index contributed by atoms with van der Waals surface area (Å²) in [5.41, 5.74) is 8.73. The minimum Gasteiger partial charge on any atom is -0.463 e. The number of benzene rings is 2. The second-order valence-corrected chi connectivity index (χ2v) is 5.05. The quantitative estimate of drug-likeness (QED) is 0.749. The molecular formula is C17H16N2O2. The maximum absolute atomic E-state index is 12.5. The Hall–Kier alpha value is -2.75. The molecular weight excluding hydrogens is 264 g/mol. The van der Waals surface area contributed by atoms with E-state index in [0.29, 0.717) is 17.8 Å². The maximum atomic E-state index is 12.5. The standard InChI is InChI=1S/C17H16N2O2/c1-19(10-12-6-8-13(18)9-7-12)17(20)15-11-21-16-5-3-2-4-14(15)16/h2-9,11H,10,18H2,1H3. The van der Waals surface area contributed by atoms with Gasteiger partial charge in [0, 0.05) is 24.7 Å². The summed E-state index contributed by atoms with van der Waals surface area (Å²) in [7, 11) is 1.78. The van der Waals surface area contributed by atoms with Crippen LogP contribution in [0.15, 0.2) is 59.2 Å². The van der Waals surface area contributed by atoms with Crippen molar-refractivity contribution in [2.75, 3.05) is 12.8 Å². The number of hydrogen-bond donors (Lipinski definition) is 1. The van der Waals surface area contributed by atoms with Crippen molar-refractivity contribution in [2.24, 2.45) is 0 Å². The Morgan fingerprint density at radius 1 is 1.14 bits per heavy atom. The molecule has 4 heteroatoms. The van der Waals surface area contributed by atoms with E-state index in [0.717, 1.165) is 16.5 Å². The number of nitrogens with zero attached hydrogens (tertiary/aromatic N) is 1. The molecule has 0 radical (unpaired) electrons. The molecule has 0 aliphatic heterocycles. The molecule has 2 aromatic carbocycles. The predicted octanol–water partition coefficient (Wildman–Crippen LogP) is 3.29. The van der Waals surface area contributed by atoms with Crippen LogP contribution in [0.4, 0.5) is 5.69 Å². The van der Waals surface area contributed by atoms with E-state index in [9.17, 15) is 4.79 Å². The normalized spacial score (nSPS) is 10.7. The van der Waals surface area contributed by atoms with E-state index >= 15 is 0 Å². The van der Waals surface area contributed by atoms with Gasteiger partial charge in [-0.05, 0) is 23.8 Å². The zero-order chi connectivity index (χ0) is 14.8. The summed E-state index contributed by atoms with van der Waals surface area (Å²) in [5.74, 6) is -0.0585. The number of carbonyl (C=O) groups is 1. The van der Waals surface area contributed by atoms with E-state index in [1.165, 1.54) is 6.26 Å². The molecule has 0 aliphatic carbocycles. The van der Waals surface area contributed by atoms with E-state index in [1.807, 2.05) is 48.5 Å². The first kappa shape index (κ1) is 13.2. The number of nitrogen functional groups attached to an aromatic ring is 1. The van der Waals surface area contributed by atoms with Crippen molar-refractivity contribution < 1.29 is 9.21 Å². The number of fused-ring (bicyclic) bond motifs is 1. The van der Waals surface area contributed by atoms with Crippen LogP contribution in [0, 0.1) is 0 Å². The number of amides is 1. The van der Waals surface area contributed by atoms with E-state index in [4.69, 9.17) is 10.2 Å². The molecule has 1 amide bonds. The maximum Gasteiger partial charge on any atom is 0.257 e. The van der Waals surface area contributed by atoms with Crippen LogP contribution in [0.3, 0.4) is 0 Å². The minimum atomic E-state index is -0.0585. The number of furan rings is 1. The SMILES string of the molecule is CN(Cc1ccc(N)cc1)C(=O)c1coc2ccccc12. The van der Waals surface area contributed by atoms with Crippen molar-refractivity contribution in [3.8, 4) is 0 Å². The number of para-hydroxylation sites is 1. The van der Waals surface area contributed by atoms with Gasteiger partial charge in [-0.2, -0.15) is 0 Å². The molecule has 1 aromatic heterocycles. The van der Waals surface area contributed by atoms with E-state index in [2.05, 4.69) is 0 Å². The van der Waals surface area contributed by atoms with Crippen LogP contribution in [0.1, 0.15) is 15.9 Å². The van der Waals surface area contributed by atoms with Crippen molar-refractivity contribution in [2.45, 2.75) is 6.54 Å². The molecule has 3 aromatic rings. The summed E-state index contributed by atoms with van der Waals surface area (Å²) in [4.78, 5) is 14.2. The molecule has 0 aliphatic rings. The van der Waals surface area contributed by atoms with Gasteiger partial charge in [0.25, 0.3) is 5.91 Å². The highest BCUT2D eigenvalue weighted by atomic mass is 16.3.